The molecule has 1 aromatic carbocycles. The molecule has 0 radical (unpaired) electrons. The Morgan fingerprint density at radius 1 is 1.38 bits per heavy atom. The molecule has 1 aromatic heterocycles. The second kappa shape index (κ2) is 5.64. The van der Waals surface area contributed by atoms with E-state index in [1.165, 1.54) is 17.3 Å². The summed E-state index contributed by atoms with van der Waals surface area (Å²) in [5.41, 5.74) is 3.51. The molecule has 0 spiro atoms. The number of benzene rings is 1. The van der Waals surface area contributed by atoms with Crippen molar-refractivity contribution in [3.8, 4) is 0 Å². The minimum atomic E-state index is -0.947. The number of fused-ring (bicyclic) bond motifs is 1. The molecule has 0 saturated heterocycles. The highest BCUT2D eigenvalue weighted by atomic mass is 16.4. The fourth-order valence-corrected chi connectivity index (χ4v) is 3.03. The number of carbonyl (C=O) groups is 1. The number of nitrogens with zero attached hydrogens (tertiary/aromatic N) is 2. The number of carboxylic acid groups (broad SMARTS) is 1. The van der Waals surface area contributed by atoms with Gasteiger partial charge < -0.3 is 5.11 Å². The smallest absolute Gasteiger partial charge is 0.339 e. The average Bonchev–Trinajstić information content (AvgIpc) is 2.91. The van der Waals surface area contributed by atoms with E-state index >= 15 is 0 Å². The van der Waals surface area contributed by atoms with E-state index in [1.807, 2.05) is 13.0 Å². The molecule has 1 aliphatic carbocycles. The first kappa shape index (κ1) is 13.7. The first-order valence-electron chi connectivity index (χ1n) is 7.37. The fraction of sp³-hybridized carbons (Fsp3) is 0.353. The number of rotatable bonds is 4. The molecule has 4 nitrogen and oxygen atoms in total. The molecule has 108 valence electrons. The van der Waals surface area contributed by atoms with Crippen molar-refractivity contribution in [1.82, 2.24) is 9.97 Å². The topological polar surface area (TPSA) is 63.1 Å². The van der Waals surface area contributed by atoms with Crippen molar-refractivity contribution < 1.29 is 9.90 Å². The van der Waals surface area contributed by atoms with Crippen LogP contribution < -0.4 is 0 Å². The summed E-state index contributed by atoms with van der Waals surface area (Å²) in [7, 11) is 0. The Morgan fingerprint density at radius 3 is 2.95 bits per heavy atom. The van der Waals surface area contributed by atoms with Crippen molar-refractivity contribution in [2.24, 2.45) is 0 Å². The van der Waals surface area contributed by atoms with Gasteiger partial charge in [0, 0.05) is 12.1 Å². The minimum Gasteiger partial charge on any atom is -0.478 e. The molecule has 21 heavy (non-hydrogen) atoms. The normalized spacial score (nSPS) is 16.7. The standard InChI is InChI=1S/C17H18N2O2/c1-2-5-15-14(17(20)21)10-18-16(19-15)13-9-8-11-6-3-4-7-12(11)13/h3-4,6-7,10,13H,2,5,8-9H2,1H3,(H,20,21). The monoisotopic (exact) mass is 282 g/mol. The zero-order valence-electron chi connectivity index (χ0n) is 12.0. The molecule has 2 aromatic rings. The first-order valence-corrected chi connectivity index (χ1v) is 7.37. The molecule has 1 heterocycles. The Labute approximate surface area is 123 Å². The molecule has 1 aliphatic rings. The number of hydrogen-bond acceptors (Lipinski definition) is 3. The quantitative estimate of drug-likeness (QED) is 0.935. The fourth-order valence-electron chi connectivity index (χ4n) is 3.03. The van der Waals surface area contributed by atoms with E-state index in [4.69, 9.17) is 0 Å². The van der Waals surface area contributed by atoms with Gasteiger partial charge in [0.2, 0.25) is 0 Å². The summed E-state index contributed by atoms with van der Waals surface area (Å²) < 4.78 is 0. The summed E-state index contributed by atoms with van der Waals surface area (Å²) in [5, 5.41) is 9.23. The molecule has 0 saturated carbocycles. The lowest BCUT2D eigenvalue weighted by atomic mass is 10.00. The molecule has 1 unspecified atom stereocenters. The molecule has 0 amide bonds. The van der Waals surface area contributed by atoms with Gasteiger partial charge in [-0.15, -0.1) is 0 Å². The summed E-state index contributed by atoms with van der Waals surface area (Å²) in [6.07, 6.45) is 5.05. The second-order valence-corrected chi connectivity index (χ2v) is 5.43. The highest BCUT2D eigenvalue weighted by Crippen LogP contribution is 2.36. The largest absolute Gasteiger partial charge is 0.478 e. The van der Waals surface area contributed by atoms with Crippen LogP contribution in [0.1, 0.15) is 58.7 Å². The maximum atomic E-state index is 11.2. The summed E-state index contributed by atoms with van der Waals surface area (Å²) >= 11 is 0. The molecule has 0 bridgehead atoms. The first-order chi connectivity index (χ1) is 10.2. The van der Waals surface area contributed by atoms with E-state index in [1.54, 1.807) is 0 Å². The van der Waals surface area contributed by atoms with Crippen LogP contribution in [0.25, 0.3) is 0 Å². The molecule has 3 rings (SSSR count). The van der Waals surface area contributed by atoms with Gasteiger partial charge in [-0.3, -0.25) is 0 Å². The summed E-state index contributed by atoms with van der Waals surface area (Å²) in [5.74, 6) is 0.00451. The van der Waals surface area contributed by atoms with Gasteiger partial charge in [0.15, 0.2) is 0 Å². The zero-order chi connectivity index (χ0) is 14.8. The SMILES string of the molecule is CCCc1nc(C2CCc3ccccc32)ncc1C(=O)O. The van der Waals surface area contributed by atoms with Gasteiger partial charge in [0.1, 0.15) is 5.82 Å². The number of aryl methyl sites for hydroxylation is 2. The maximum absolute atomic E-state index is 11.2. The molecular weight excluding hydrogens is 264 g/mol. The molecule has 0 fully saturated rings. The van der Waals surface area contributed by atoms with Crippen LogP contribution >= 0.6 is 0 Å². The lowest BCUT2D eigenvalue weighted by Gasteiger charge is -2.12. The lowest BCUT2D eigenvalue weighted by Crippen LogP contribution is -2.11. The summed E-state index contributed by atoms with van der Waals surface area (Å²) in [4.78, 5) is 20.2. The van der Waals surface area contributed by atoms with Gasteiger partial charge in [0.05, 0.1) is 11.3 Å². The predicted molar refractivity (Wildman–Crippen MR) is 79.6 cm³/mol. The van der Waals surface area contributed by atoms with Gasteiger partial charge in [-0.25, -0.2) is 14.8 Å². The Balaban J connectivity index is 2.00. The highest BCUT2D eigenvalue weighted by Gasteiger charge is 2.26. The van der Waals surface area contributed by atoms with Gasteiger partial charge in [-0.2, -0.15) is 0 Å². The highest BCUT2D eigenvalue weighted by molar-refractivity contribution is 5.88. The van der Waals surface area contributed by atoms with Gasteiger partial charge >= 0.3 is 5.97 Å². The number of aromatic nitrogens is 2. The third-order valence-corrected chi connectivity index (χ3v) is 4.05. The van der Waals surface area contributed by atoms with E-state index < -0.39 is 5.97 Å². The second-order valence-electron chi connectivity index (χ2n) is 5.43. The van der Waals surface area contributed by atoms with Crippen LogP contribution in [-0.2, 0) is 12.8 Å². The molecule has 4 heteroatoms. The van der Waals surface area contributed by atoms with Crippen molar-refractivity contribution >= 4 is 5.97 Å². The van der Waals surface area contributed by atoms with Crippen LogP contribution in [0.5, 0.6) is 0 Å². The maximum Gasteiger partial charge on any atom is 0.339 e. The van der Waals surface area contributed by atoms with Crippen molar-refractivity contribution in [3.05, 3.63) is 58.7 Å². The van der Waals surface area contributed by atoms with Crippen molar-refractivity contribution in [1.29, 1.82) is 0 Å². The van der Waals surface area contributed by atoms with Gasteiger partial charge in [-0.1, -0.05) is 37.6 Å². The van der Waals surface area contributed by atoms with Crippen LogP contribution in [0, 0.1) is 0 Å². The minimum absolute atomic E-state index is 0.194. The zero-order valence-corrected chi connectivity index (χ0v) is 12.0. The van der Waals surface area contributed by atoms with E-state index in [0.29, 0.717) is 12.1 Å². The van der Waals surface area contributed by atoms with Crippen molar-refractivity contribution in [2.75, 3.05) is 0 Å². The predicted octanol–water partition coefficient (Wildman–Crippen LogP) is 3.21. The number of aromatic carboxylic acids is 1. The lowest BCUT2D eigenvalue weighted by molar-refractivity contribution is 0.0694. The van der Waals surface area contributed by atoms with Gasteiger partial charge in [0.25, 0.3) is 0 Å². The van der Waals surface area contributed by atoms with E-state index in [0.717, 1.165) is 25.1 Å². The molecule has 0 aliphatic heterocycles. The Bertz CT molecular complexity index is 682. The van der Waals surface area contributed by atoms with E-state index in [-0.39, 0.29) is 11.5 Å². The third kappa shape index (κ3) is 2.53. The number of carboxylic acids is 1. The summed E-state index contributed by atoms with van der Waals surface area (Å²) in [6, 6.07) is 8.36. The van der Waals surface area contributed by atoms with Crippen LogP contribution in [0.4, 0.5) is 0 Å². The average molecular weight is 282 g/mol. The number of hydrogen-bond donors (Lipinski definition) is 1. The van der Waals surface area contributed by atoms with Crippen molar-refractivity contribution in [3.63, 3.8) is 0 Å². The van der Waals surface area contributed by atoms with Crippen molar-refractivity contribution in [2.45, 2.75) is 38.5 Å². The van der Waals surface area contributed by atoms with Crippen LogP contribution in [0.2, 0.25) is 0 Å². The molecular formula is C17H18N2O2. The van der Waals surface area contributed by atoms with E-state index in [2.05, 4.69) is 28.2 Å². The molecule has 1 N–H and O–H groups in total. The van der Waals surface area contributed by atoms with Gasteiger partial charge in [-0.05, 0) is 30.4 Å². The third-order valence-electron chi connectivity index (χ3n) is 4.05. The summed E-state index contributed by atoms with van der Waals surface area (Å²) in [6.45, 7) is 2.03. The molecule has 1 atom stereocenters. The van der Waals surface area contributed by atoms with Crippen LogP contribution in [0.15, 0.2) is 30.5 Å². The Morgan fingerprint density at radius 2 is 2.19 bits per heavy atom. The van der Waals surface area contributed by atoms with Crippen LogP contribution in [-0.4, -0.2) is 21.0 Å². The Hall–Kier alpha value is -2.23. The van der Waals surface area contributed by atoms with Crippen LogP contribution in [0.3, 0.4) is 0 Å². The van der Waals surface area contributed by atoms with E-state index in [9.17, 15) is 9.90 Å². The Kier molecular flexibility index (Phi) is 3.69.